The highest BCUT2D eigenvalue weighted by atomic mass is 16.5. The van der Waals surface area contributed by atoms with E-state index in [1.54, 1.807) is 14.2 Å². The summed E-state index contributed by atoms with van der Waals surface area (Å²) in [5.41, 5.74) is 3.61. The average Bonchev–Trinajstić information content (AvgIpc) is 3.45. The third kappa shape index (κ3) is 4.87. The molecule has 164 valence electrons. The molecule has 1 unspecified atom stereocenters. The Balaban J connectivity index is 1.30. The summed E-state index contributed by atoms with van der Waals surface area (Å²) in [6.07, 6.45) is 4.08. The minimum Gasteiger partial charge on any atom is -0.497 e. The summed E-state index contributed by atoms with van der Waals surface area (Å²) in [4.78, 5) is 10.1. The number of para-hydroxylation sites is 1. The predicted molar refractivity (Wildman–Crippen MR) is 127 cm³/mol. The lowest BCUT2D eigenvalue weighted by Crippen LogP contribution is -2.45. The van der Waals surface area contributed by atoms with Crippen molar-refractivity contribution in [1.82, 2.24) is 15.6 Å². The molecule has 0 bridgehead atoms. The maximum Gasteiger partial charge on any atom is 0.191 e. The molecule has 0 aliphatic carbocycles. The SMILES string of the molecule is CN=C(NCCc1c[nH]c2ccccc12)NC1CCN(c2cc(OC)cc(OC)c2)C1. The summed E-state index contributed by atoms with van der Waals surface area (Å²) in [5, 5.41) is 8.31. The van der Waals surface area contributed by atoms with E-state index in [-0.39, 0.29) is 0 Å². The first-order chi connectivity index (χ1) is 15.2. The summed E-state index contributed by atoms with van der Waals surface area (Å²) >= 11 is 0. The van der Waals surface area contributed by atoms with E-state index < -0.39 is 0 Å². The smallest absolute Gasteiger partial charge is 0.191 e. The van der Waals surface area contributed by atoms with Gasteiger partial charge in [-0.1, -0.05) is 18.2 Å². The molecule has 1 fully saturated rings. The van der Waals surface area contributed by atoms with Gasteiger partial charge in [-0.15, -0.1) is 0 Å². The second-order valence-corrected chi connectivity index (χ2v) is 7.76. The largest absolute Gasteiger partial charge is 0.497 e. The Morgan fingerprint density at radius 2 is 1.94 bits per heavy atom. The van der Waals surface area contributed by atoms with Crippen molar-refractivity contribution in [3.05, 3.63) is 54.2 Å². The number of aliphatic imine (C=N–C) groups is 1. The van der Waals surface area contributed by atoms with Crippen molar-refractivity contribution in [2.75, 3.05) is 45.8 Å². The summed E-state index contributed by atoms with van der Waals surface area (Å²) < 4.78 is 10.8. The molecule has 0 amide bonds. The number of nitrogens with one attached hydrogen (secondary N) is 3. The monoisotopic (exact) mass is 421 g/mol. The van der Waals surface area contributed by atoms with E-state index in [0.29, 0.717) is 6.04 Å². The minimum absolute atomic E-state index is 0.330. The number of anilines is 1. The van der Waals surface area contributed by atoms with Gasteiger partial charge in [0, 0.05) is 73.7 Å². The van der Waals surface area contributed by atoms with E-state index in [9.17, 15) is 0 Å². The van der Waals surface area contributed by atoms with Crippen molar-refractivity contribution in [2.45, 2.75) is 18.9 Å². The highest BCUT2D eigenvalue weighted by molar-refractivity contribution is 5.83. The van der Waals surface area contributed by atoms with Gasteiger partial charge in [0.2, 0.25) is 0 Å². The van der Waals surface area contributed by atoms with Crippen LogP contribution >= 0.6 is 0 Å². The van der Waals surface area contributed by atoms with Gasteiger partial charge in [0.05, 0.1) is 14.2 Å². The van der Waals surface area contributed by atoms with Crippen LogP contribution in [0.1, 0.15) is 12.0 Å². The van der Waals surface area contributed by atoms with Crippen LogP contribution in [0.25, 0.3) is 10.9 Å². The molecule has 7 nitrogen and oxygen atoms in total. The van der Waals surface area contributed by atoms with Crippen LogP contribution in [0.4, 0.5) is 5.69 Å². The quantitative estimate of drug-likeness (QED) is 0.404. The topological polar surface area (TPSA) is 73.9 Å². The van der Waals surface area contributed by atoms with Crippen molar-refractivity contribution < 1.29 is 9.47 Å². The molecule has 3 aromatic rings. The Hall–Kier alpha value is -3.35. The maximum atomic E-state index is 5.41. The number of aromatic amines is 1. The third-order valence-electron chi connectivity index (χ3n) is 5.82. The van der Waals surface area contributed by atoms with Crippen LogP contribution in [0.2, 0.25) is 0 Å². The Morgan fingerprint density at radius 3 is 2.68 bits per heavy atom. The van der Waals surface area contributed by atoms with Gasteiger partial charge in [0.15, 0.2) is 5.96 Å². The van der Waals surface area contributed by atoms with Crippen molar-refractivity contribution in [3.63, 3.8) is 0 Å². The van der Waals surface area contributed by atoms with Gasteiger partial charge >= 0.3 is 0 Å². The van der Waals surface area contributed by atoms with Gasteiger partial charge in [-0.2, -0.15) is 0 Å². The fraction of sp³-hybridized carbons (Fsp3) is 0.375. The second-order valence-electron chi connectivity index (χ2n) is 7.76. The number of guanidine groups is 1. The number of methoxy groups -OCH3 is 2. The van der Waals surface area contributed by atoms with Gasteiger partial charge in [-0.3, -0.25) is 4.99 Å². The number of hydrogen-bond acceptors (Lipinski definition) is 4. The van der Waals surface area contributed by atoms with Gasteiger partial charge < -0.3 is 30.0 Å². The zero-order valence-electron chi connectivity index (χ0n) is 18.4. The third-order valence-corrected chi connectivity index (χ3v) is 5.82. The molecule has 2 heterocycles. The Labute approximate surface area is 183 Å². The first-order valence-electron chi connectivity index (χ1n) is 10.7. The first-order valence-corrected chi connectivity index (χ1v) is 10.7. The van der Waals surface area contributed by atoms with E-state index >= 15 is 0 Å². The van der Waals surface area contributed by atoms with Crippen LogP contribution in [-0.4, -0.2) is 57.9 Å². The Kier molecular flexibility index (Phi) is 6.50. The number of aromatic nitrogens is 1. The van der Waals surface area contributed by atoms with Crippen molar-refractivity contribution in [1.29, 1.82) is 0 Å². The molecular weight excluding hydrogens is 390 g/mol. The molecule has 31 heavy (non-hydrogen) atoms. The molecule has 1 aromatic heterocycles. The molecule has 1 saturated heterocycles. The van der Waals surface area contributed by atoms with E-state index in [4.69, 9.17) is 9.47 Å². The average molecular weight is 422 g/mol. The lowest BCUT2D eigenvalue weighted by Gasteiger charge is -2.21. The van der Waals surface area contributed by atoms with Crippen molar-refractivity contribution in [3.8, 4) is 11.5 Å². The molecule has 1 aliphatic heterocycles. The first kappa shape index (κ1) is 20.9. The number of nitrogens with zero attached hydrogens (tertiary/aromatic N) is 2. The summed E-state index contributed by atoms with van der Waals surface area (Å²) in [5.74, 6) is 2.45. The van der Waals surface area contributed by atoms with Gasteiger partial charge in [-0.25, -0.2) is 0 Å². The molecule has 1 atom stereocenters. The van der Waals surface area contributed by atoms with Crippen LogP contribution < -0.4 is 25.0 Å². The molecule has 0 saturated carbocycles. The lowest BCUT2D eigenvalue weighted by atomic mass is 10.1. The van der Waals surface area contributed by atoms with Crippen molar-refractivity contribution in [2.24, 2.45) is 4.99 Å². The highest BCUT2D eigenvalue weighted by Gasteiger charge is 2.24. The number of H-pyrrole nitrogens is 1. The molecule has 7 heteroatoms. The maximum absolute atomic E-state index is 5.41. The van der Waals surface area contributed by atoms with Crippen molar-refractivity contribution >= 4 is 22.5 Å². The summed E-state index contributed by atoms with van der Waals surface area (Å²) in [6.45, 7) is 2.70. The minimum atomic E-state index is 0.330. The fourth-order valence-corrected chi connectivity index (χ4v) is 4.13. The van der Waals surface area contributed by atoms with E-state index in [1.165, 1.54) is 16.5 Å². The zero-order valence-corrected chi connectivity index (χ0v) is 18.4. The van der Waals surface area contributed by atoms with Gasteiger partial charge in [-0.05, 0) is 24.5 Å². The molecular formula is C24H31N5O2. The Morgan fingerprint density at radius 1 is 1.16 bits per heavy atom. The van der Waals surface area contributed by atoms with Gasteiger partial charge in [0.25, 0.3) is 0 Å². The van der Waals surface area contributed by atoms with Crippen LogP contribution in [0.15, 0.2) is 53.7 Å². The normalized spacial score (nSPS) is 16.5. The molecule has 1 aliphatic rings. The van der Waals surface area contributed by atoms with Crippen LogP contribution in [0.5, 0.6) is 11.5 Å². The lowest BCUT2D eigenvalue weighted by molar-refractivity contribution is 0.394. The molecule has 2 aromatic carbocycles. The Bertz CT molecular complexity index is 1020. The fourth-order valence-electron chi connectivity index (χ4n) is 4.13. The van der Waals surface area contributed by atoms with Crippen LogP contribution in [0.3, 0.4) is 0 Å². The number of benzene rings is 2. The standard InChI is InChI=1S/C24H31N5O2/c1-25-24(26-10-8-17-15-27-23-7-5-4-6-22(17)23)28-18-9-11-29(16-18)19-12-20(30-2)14-21(13-19)31-3/h4-7,12-15,18,27H,8-11,16H2,1-3H3,(H2,25,26,28). The zero-order chi connectivity index (χ0) is 21.6. The molecule has 3 N–H and O–H groups in total. The summed E-state index contributed by atoms with van der Waals surface area (Å²) in [6, 6.07) is 14.7. The highest BCUT2D eigenvalue weighted by Crippen LogP contribution is 2.30. The van der Waals surface area contributed by atoms with Crippen LogP contribution in [-0.2, 0) is 6.42 Å². The van der Waals surface area contributed by atoms with Crippen LogP contribution in [0, 0.1) is 0 Å². The number of rotatable bonds is 7. The van der Waals surface area contributed by atoms with E-state index in [1.807, 2.05) is 13.1 Å². The summed E-state index contributed by atoms with van der Waals surface area (Å²) in [7, 11) is 5.18. The van der Waals surface area contributed by atoms with Gasteiger partial charge in [0.1, 0.15) is 11.5 Å². The molecule has 0 radical (unpaired) electrons. The van der Waals surface area contributed by atoms with E-state index in [0.717, 1.165) is 55.6 Å². The number of ether oxygens (including phenoxy) is 2. The molecule has 4 rings (SSSR count). The van der Waals surface area contributed by atoms with E-state index in [2.05, 4.69) is 68.1 Å². The number of hydrogen-bond donors (Lipinski definition) is 3. The number of fused-ring (bicyclic) bond motifs is 1. The molecule has 0 spiro atoms. The predicted octanol–water partition coefficient (Wildman–Crippen LogP) is 3.17. The second kappa shape index (κ2) is 9.64.